The highest BCUT2D eigenvalue weighted by molar-refractivity contribution is 6.31. The summed E-state index contributed by atoms with van der Waals surface area (Å²) in [5.74, 6) is -0.706. The van der Waals surface area contributed by atoms with Crippen LogP contribution in [0.2, 0.25) is 5.02 Å². The number of halogens is 7. The van der Waals surface area contributed by atoms with E-state index in [1.54, 1.807) is 0 Å². The lowest BCUT2D eigenvalue weighted by molar-refractivity contribution is -0.138. The maximum atomic E-state index is 13.4. The topological polar surface area (TPSA) is 20.3 Å². The Balaban J connectivity index is 1.92. The lowest BCUT2D eigenvalue weighted by Crippen LogP contribution is -2.33. The molecule has 0 fully saturated rings. The molecule has 0 heterocycles. The standard InChI is InChI=1S/C29H28ClF6NO/c1-4-27(2,3)22-10-8-20(9-11-22)18-37(13-12-19-6-5-7-23(14-19)28(31,32)33)26(38)21-15-24(29(34,35)36)17-25(30)16-21/h5-11,14-17H,4,12-13,18H2,1-3H3. The van der Waals surface area contributed by atoms with Crippen LogP contribution in [0.4, 0.5) is 26.3 Å². The SMILES string of the molecule is CCC(C)(C)c1ccc(CN(CCc2cccc(C(F)(F)F)c2)C(=O)c2cc(Cl)cc(C(F)(F)F)c2)cc1. The molecule has 2 nitrogen and oxygen atoms in total. The molecule has 38 heavy (non-hydrogen) atoms. The molecule has 0 aliphatic carbocycles. The number of rotatable bonds is 8. The Morgan fingerprint density at radius 3 is 2.00 bits per heavy atom. The predicted molar refractivity (Wildman–Crippen MR) is 136 cm³/mol. The molecular formula is C29H28ClF6NO. The Bertz CT molecular complexity index is 1270. The van der Waals surface area contributed by atoms with Crippen LogP contribution in [-0.4, -0.2) is 17.4 Å². The third-order valence-corrected chi connectivity index (χ3v) is 6.89. The third-order valence-electron chi connectivity index (χ3n) is 6.68. The second kappa shape index (κ2) is 11.4. The number of hydrogen-bond donors (Lipinski definition) is 0. The van der Waals surface area contributed by atoms with Gasteiger partial charge in [-0.2, -0.15) is 26.3 Å². The molecule has 0 spiro atoms. The summed E-state index contributed by atoms with van der Waals surface area (Å²) in [7, 11) is 0. The molecule has 3 aromatic carbocycles. The van der Waals surface area contributed by atoms with Crippen molar-refractivity contribution in [3.8, 4) is 0 Å². The molecule has 3 rings (SSSR count). The molecule has 0 saturated carbocycles. The zero-order valence-corrected chi connectivity index (χ0v) is 21.9. The molecule has 0 saturated heterocycles. The first-order valence-electron chi connectivity index (χ1n) is 12.0. The highest BCUT2D eigenvalue weighted by Crippen LogP contribution is 2.33. The van der Waals surface area contributed by atoms with Gasteiger partial charge in [-0.15, -0.1) is 0 Å². The van der Waals surface area contributed by atoms with Crippen molar-refractivity contribution in [2.75, 3.05) is 6.54 Å². The highest BCUT2D eigenvalue weighted by Gasteiger charge is 2.33. The van der Waals surface area contributed by atoms with Gasteiger partial charge in [-0.25, -0.2) is 0 Å². The van der Waals surface area contributed by atoms with Crippen molar-refractivity contribution in [1.29, 1.82) is 0 Å². The minimum Gasteiger partial charge on any atom is -0.334 e. The number of carbonyl (C=O) groups is 1. The zero-order valence-electron chi connectivity index (χ0n) is 21.2. The number of hydrogen-bond acceptors (Lipinski definition) is 1. The predicted octanol–water partition coefficient (Wildman–Crippen LogP) is 8.95. The molecule has 0 bridgehead atoms. The van der Waals surface area contributed by atoms with Crippen LogP contribution >= 0.6 is 11.6 Å². The average molecular weight is 556 g/mol. The number of nitrogens with zero attached hydrogens (tertiary/aromatic N) is 1. The molecule has 0 atom stereocenters. The monoisotopic (exact) mass is 555 g/mol. The normalized spacial score (nSPS) is 12.5. The Hall–Kier alpha value is -3.00. The lowest BCUT2D eigenvalue weighted by Gasteiger charge is -2.26. The Morgan fingerprint density at radius 2 is 1.42 bits per heavy atom. The van der Waals surface area contributed by atoms with Crippen LogP contribution in [0.15, 0.2) is 66.7 Å². The van der Waals surface area contributed by atoms with Gasteiger partial charge in [0.05, 0.1) is 11.1 Å². The fraction of sp³-hybridized carbons (Fsp3) is 0.345. The average Bonchev–Trinajstić information content (AvgIpc) is 2.85. The Morgan fingerprint density at radius 1 is 0.789 bits per heavy atom. The van der Waals surface area contributed by atoms with Gasteiger partial charge >= 0.3 is 12.4 Å². The van der Waals surface area contributed by atoms with Crippen molar-refractivity contribution in [3.05, 3.63) is 105 Å². The van der Waals surface area contributed by atoms with Crippen LogP contribution < -0.4 is 0 Å². The van der Waals surface area contributed by atoms with E-state index >= 15 is 0 Å². The summed E-state index contributed by atoms with van der Waals surface area (Å²) in [6, 6.07) is 15.0. The van der Waals surface area contributed by atoms with Gasteiger partial charge in [0.2, 0.25) is 0 Å². The maximum Gasteiger partial charge on any atom is 0.416 e. The van der Waals surface area contributed by atoms with E-state index in [0.29, 0.717) is 5.56 Å². The molecule has 1 amide bonds. The minimum absolute atomic E-state index is 0.0176. The second-order valence-electron chi connectivity index (χ2n) is 9.84. The third kappa shape index (κ3) is 7.53. The largest absolute Gasteiger partial charge is 0.416 e. The van der Waals surface area contributed by atoms with Crippen LogP contribution in [0.1, 0.15) is 65.4 Å². The van der Waals surface area contributed by atoms with Gasteiger partial charge in [0.25, 0.3) is 5.91 Å². The van der Waals surface area contributed by atoms with E-state index < -0.39 is 29.4 Å². The second-order valence-corrected chi connectivity index (χ2v) is 10.3. The molecule has 0 aromatic heterocycles. The number of amides is 1. The molecule has 0 aliphatic heterocycles. The Labute approximate surface area is 223 Å². The fourth-order valence-electron chi connectivity index (χ4n) is 3.96. The van der Waals surface area contributed by atoms with Crippen LogP contribution in [-0.2, 0) is 30.7 Å². The first kappa shape index (κ1) is 29.6. The van der Waals surface area contributed by atoms with E-state index in [1.165, 1.54) is 17.0 Å². The molecule has 3 aromatic rings. The van der Waals surface area contributed by atoms with Crippen LogP contribution in [0.25, 0.3) is 0 Å². The quantitative estimate of drug-likeness (QED) is 0.254. The molecular weight excluding hydrogens is 528 g/mol. The Kier molecular flexibility index (Phi) is 8.86. The number of alkyl halides is 6. The van der Waals surface area contributed by atoms with Crippen molar-refractivity contribution >= 4 is 17.5 Å². The number of benzene rings is 3. The molecule has 0 radical (unpaired) electrons. The molecule has 0 unspecified atom stereocenters. The maximum absolute atomic E-state index is 13.4. The zero-order chi connectivity index (χ0) is 28.3. The smallest absolute Gasteiger partial charge is 0.334 e. The van der Waals surface area contributed by atoms with Gasteiger partial charge in [-0.3, -0.25) is 4.79 Å². The van der Waals surface area contributed by atoms with E-state index in [1.807, 2.05) is 24.3 Å². The summed E-state index contributed by atoms with van der Waals surface area (Å²) >= 11 is 5.89. The van der Waals surface area contributed by atoms with Crippen molar-refractivity contribution in [3.63, 3.8) is 0 Å². The summed E-state index contributed by atoms with van der Waals surface area (Å²) in [6.45, 7) is 6.31. The first-order valence-corrected chi connectivity index (χ1v) is 12.4. The van der Waals surface area contributed by atoms with Gasteiger partial charge in [0.15, 0.2) is 0 Å². The van der Waals surface area contributed by atoms with E-state index in [-0.39, 0.29) is 35.5 Å². The van der Waals surface area contributed by atoms with Gasteiger partial charge < -0.3 is 4.90 Å². The lowest BCUT2D eigenvalue weighted by atomic mass is 9.82. The van der Waals surface area contributed by atoms with Crippen molar-refractivity contribution in [2.45, 2.75) is 57.9 Å². The minimum atomic E-state index is -4.70. The fourth-order valence-corrected chi connectivity index (χ4v) is 4.20. The summed E-state index contributed by atoms with van der Waals surface area (Å²) < 4.78 is 79.5. The van der Waals surface area contributed by atoms with Gasteiger partial charge in [0, 0.05) is 23.7 Å². The summed E-state index contributed by atoms with van der Waals surface area (Å²) in [6.07, 6.45) is -8.24. The van der Waals surface area contributed by atoms with Crippen molar-refractivity contribution < 1.29 is 31.1 Å². The first-order chi connectivity index (χ1) is 17.6. The molecule has 9 heteroatoms. The van der Waals surface area contributed by atoms with Gasteiger partial charge in [-0.1, -0.05) is 74.8 Å². The highest BCUT2D eigenvalue weighted by atomic mass is 35.5. The van der Waals surface area contributed by atoms with Gasteiger partial charge in [0.1, 0.15) is 0 Å². The van der Waals surface area contributed by atoms with Crippen molar-refractivity contribution in [1.82, 2.24) is 4.90 Å². The summed E-state index contributed by atoms with van der Waals surface area (Å²) in [5, 5.41) is -0.243. The number of carbonyl (C=O) groups excluding carboxylic acids is 1. The van der Waals surface area contributed by atoms with Crippen LogP contribution in [0.3, 0.4) is 0 Å². The van der Waals surface area contributed by atoms with Crippen LogP contribution in [0, 0.1) is 0 Å². The molecule has 0 aliphatic rings. The molecule has 204 valence electrons. The van der Waals surface area contributed by atoms with E-state index in [9.17, 15) is 31.1 Å². The van der Waals surface area contributed by atoms with E-state index in [4.69, 9.17) is 11.6 Å². The molecule has 0 N–H and O–H groups in total. The van der Waals surface area contributed by atoms with Crippen molar-refractivity contribution in [2.24, 2.45) is 0 Å². The summed E-state index contributed by atoms with van der Waals surface area (Å²) in [5.41, 5.74) is -0.0144. The van der Waals surface area contributed by atoms with E-state index in [0.717, 1.165) is 47.9 Å². The van der Waals surface area contributed by atoms with Gasteiger partial charge in [-0.05, 0) is 59.2 Å². The summed E-state index contributed by atoms with van der Waals surface area (Å²) in [4.78, 5) is 14.7. The van der Waals surface area contributed by atoms with E-state index in [2.05, 4.69) is 20.8 Å². The van der Waals surface area contributed by atoms with Crippen LogP contribution in [0.5, 0.6) is 0 Å².